The molecule has 0 amide bonds. The van der Waals surface area contributed by atoms with Crippen molar-refractivity contribution < 1.29 is 14.2 Å². The summed E-state index contributed by atoms with van der Waals surface area (Å²) in [6.07, 6.45) is 3.60. The van der Waals surface area contributed by atoms with Crippen molar-refractivity contribution in [3.05, 3.63) is 64.6 Å². The van der Waals surface area contributed by atoms with Crippen LogP contribution >= 0.6 is 0 Å². The summed E-state index contributed by atoms with van der Waals surface area (Å²) in [5.74, 6) is 3.94. The summed E-state index contributed by atoms with van der Waals surface area (Å²) in [7, 11) is 4.81. The zero-order valence-electron chi connectivity index (χ0n) is 19.3. The van der Waals surface area contributed by atoms with Crippen LogP contribution in [0, 0.1) is 6.92 Å². The number of anilines is 2. The van der Waals surface area contributed by atoms with Crippen molar-refractivity contribution >= 4 is 17.3 Å². The Balaban J connectivity index is 1.57. The SMILES string of the molecule is COc1cc(Nc2c3c(nc4nc(Cc5ccc(C)cc5)nn24)CCC3)cc(OC)c1OC. The first-order valence-corrected chi connectivity index (χ1v) is 11.0. The summed E-state index contributed by atoms with van der Waals surface area (Å²) in [6, 6.07) is 12.2. The van der Waals surface area contributed by atoms with Gasteiger partial charge in [0.15, 0.2) is 17.3 Å². The molecule has 1 N–H and O–H groups in total. The summed E-state index contributed by atoms with van der Waals surface area (Å²) >= 11 is 0. The summed E-state index contributed by atoms with van der Waals surface area (Å²) in [6.45, 7) is 2.08. The van der Waals surface area contributed by atoms with Crippen LogP contribution in [-0.4, -0.2) is 40.9 Å². The number of aromatic nitrogens is 4. The molecule has 0 saturated carbocycles. The third kappa shape index (κ3) is 3.92. The number of fused-ring (bicyclic) bond motifs is 2. The highest BCUT2D eigenvalue weighted by molar-refractivity contribution is 5.69. The number of hydrogen-bond donors (Lipinski definition) is 1. The number of rotatable bonds is 7. The molecule has 0 saturated heterocycles. The normalized spacial score (nSPS) is 12.6. The lowest BCUT2D eigenvalue weighted by Gasteiger charge is -2.16. The van der Waals surface area contributed by atoms with E-state index in [1.807, 2.05) is 16.6 Å². The number of nitrogens with one attached hydrogen (secondary N) is 1. The number of hydrogen-bond acceptors (Lipinski definition) is 7. The van der Waals surface area contributed by atoms with Crippen LogP contribution in [0.1, 0.15) is 34.6 Å². The van der Waals surface area contributed by atoms with Crippen molar-refractivity contribution in [1.82, 2.24) is 19.6 Å². The van der Waals surface area contributed by atoms with E-state index >= 15 is 0 Å². The first kappa shape index (κ1) is 21.1. The van der Waals surface area contributed by atoms with E-state index in [0.29, 0.717) is 29.4 Å². The maximum absolute atomic E-state index is 5.52. The average molecular weight is 446 g/mol. The van der Waals surface area contributed by atoms with Crippen LogP contribution in [0.5, 0.6) is 17.2 Å². The second-order valence-corrected chi connectivity index (χ2v) is 8.18. The van der Waals surface area contributed by atoms with Crippen LogP contribution in [-0.2, 0) is 19.3 Å². The second-order valence-electron chi connectivity index (χ2n) is 8.18. The van der Waals surface area contributed by atoms with E-state index in [1.165, 1.54) is 16.7 Å². The van der Waals surface area contributed by atoms with Crippen molar-refractivity contribution in [3.63, 3.8) is 0 Å². The molecule has 33 heavy (non-hydrogen) atoms. The highest BCUT2D eigenvalue weighted by atomic mass is 16.5. The molecule has 0 radical (unpaired) electrons. The van der Waals surface area contributed by atoms with Gasteiger partial charge in [-0.15, -0.1) is 5.10 Å². The third-order valence-electron chi connectivity index (χ3n) is 5.97. The van der Waals surface area contributed by atoms with Crippen LogP contribution in [0.4, 0.5) is 11.5 Å². The summed E-state index contributed by atoms with van der Waals surface area (Å²) in [5, 5.41) is 8.35. The first-order valence-electron chi connectivity index (χ1n) is 11.0. The molecule has 8 heteroatoms. The van der Waals surface area contributed by atoms with Crippen molar-refractivity contribution in [2.75, 3.05) is 26.6 Å². The maximum atomic E-state index is 5.52. The Hall–Kier alpha value is -3.81. The van der Waals surface area contributed by atoms with Gasteiger partial charge in [0.2, 0.25) is 5.75 Å². The topological polar surface area (TPSA) is 82.8 Å². The van der Waals surface area contributed by atoms with Crippen molar-refractivity contribution in [2.45, 2.75) is 32.6 Å². The molecule has 1 aliphatic rings. The van der Waals surface area contributed by atoms with E-state index in [4.69, 9.17) is 29.3 Å². The van der Waals surface area contributed by atoms with E-state index in [9.17, 15) is 0 Å². The van der Waals surface area contributed by atoms with Gasteiger partial charge in [-0.3, -0.25) is 0 Å². The minimum Gasteiger partial charge on any atom is -0.493 e. The lowest BCUT2D eigenvalue weighted by Crippen LogP contribution is -2.07. The van der Waals surface area contributed by atoms with E-state index in [1.54, 1.807) is 21.3 Å². The van der Waals surface area contributed by atoms with Crippen molar-refractivity contribution in [1.29, 1.82) is 0 Å². The molecule has 0 bridgehead atoms. The molecular weight excluding hydrogens is 418 g/mol. The fourth-order valence-corrected chi connectivity index (χ4v) is 4.30. The Labute approximate surface area is 192 Å². The van der Waals surface area contributed by atoms with Gasteiger partial charge in [-0.1, -0.05) is 29.8 Å². The van der Waals surface area contributed by atoms with E-state index in [-0.39, 0.29) is 0 Å². The Kier molecular flexibility index (Phi) is 5.50. The van der Waals surface area contributed by atoms with Crippen molar-refractivity contribution in [3.8, 4) is 17.2 Å². The summed E-state index contributed by atoms with van der Waals surface area (Å²) in [5.41, 5.74) is 5.45. The molecule has 0 unspecified atom stereocenters. The van der Waals surface area contributed by atoms with Gasteiger partial charge in [-0.2, -0.15) is 9.50 Å². The molecule has 0 atom stereocenters. The minimum atomic E-state index is 0.553. The fourth-order valence-electron chi connectivity index (χ4n) is 4.30. The summed E-state index contributed by atoms with van der Waals surface area (Å²) < 4.78 is 18.3. The molecule has 2 aromatic heterocycles. The Morgan fingerprint density at radius 3 is 2.33 bits per heavy atom. The molecule has 2 heterocycles. The predicted molar refractivity (Wildman–Crippen MR) is 126 cm³/mol. The van der Waals surface area contributed by atoms with E-state index in [2.05, 4.69) is 36.5 Å². The average Bonchev–Trinajstić information content (AvgIpc) is 3.46. The third-order valence-corrected chi connectivity index (χ3v) is 5.97. The second kappa shape index (κ2) is 8.61. The number of benzene rings is 2. The molecule has 170 valence electrons. The van der Waals surface area contributed by atoms with Crippen LogP contribution in [0.25, 0.3) is 5.78 Å². The predicted octanol–water partition coefficient (Wildman–Crippen LogP) is 4.28. The lowest BCUT2D eigenvalue weighted by molar-refractivity contribution is 0.324. The van der Waals surface area contributed by atoms with Gasteiger partial charge in [-0.05, 0) is 31.7 Å². The molecule has 8 nitrogen and oxygen atoms in total. The summed E-state index contributed by atoms with van der Waals surface area (Å²) in [4.78, 5) is 9.55. The highest BCUT2D eigenvalue weighted by Gasteiger charge is 2.23. The number of ether oxygens (including phenoxy) is 3. The number of methoxy groups -OCH3 is 3. The standard InChI is InChI=1S/C25H27N5O3/c1-15-8-10-16(11-9-15)12-22-28-25-27-19-7-5-6-18(19)24(30(25)29-22)26-17-13-20(31-2)23(33-4)21(14-17)32-3/h8-11,13-14,26H,5-7,12H2,1-4H3. The van der Waals surface area contributed by atoms with Crippen LogP contribution < -0.4 is 19.5 Å². The molecule has 0 aliphatic heterocycles. The van der Waals surface area contributed by atoms with Crippen molar-refractivity contribution in [2.24, 2.45) is 0 Å². The Morgan fingerprint density at radius 2 is 1.67 bits per heavy atom. The van der Waals surface area contributed by atoms with Gasteiger partial charge >= 0.3 is 0 Å². The minimum absolute atomic E-state index is 0.553. The highest BCUT2D eigenvalue weighted by Crippen LogP contribution is 2.41. The quantitative estimate of drug-likeness (QED) is 0.455. The molecular formula is C25H27N5O3. The molecule has 5 rings (SSSR count). The van der Waals surface area contributed by atoms with Crippen LogP contribution in [0.3, 0.4) is 0 Å². The fraction of sp³-hybridized carbons (Fsp3) is 0.320. The lowest BCUT2D eigenvalue weighted by atomic mass is 10.1. The largest absolute Gasteiger partial charge is 0.493 e. The Morgan fingerprint density at radius 1 is 0.939 bits per heavy atom. The van der Waals surface area contributed by atoms with Gasteiger partial charge in [0, 0.05) is 29.8 Å². The zero-order valence-corrected chi connectivity index (χ0v) is 19.3. The van der Waals surface area contributed by atoms with Gasteiger partial charge in [0.25, 0.3) is 5.78 Å². The zero-order chi connectivity index (χ0) is 22.9. The van der Waals surface area contributed by atoms with E-state index < -0.39 is 0 Å². The molecule has 4 aromatic rings. The van der Waals surface area contributed by atoms with Crippen LogP contribution in [0.15, 0.2) is 36.4 Å². The smallest absolute Gasteiger partial charge is 0.254 e. The monoisotopic (exact) mass is 445 g/mol. The number of aryl methyl sites for hydroxylation is 2. The maximum Gasteiger partial charge on any atom is 0.254 e. The van der Waals surface area contributed by atoms with Gasteiger partial charge in [0.05, 0.1) is 27.0 Å². The van der Waals surface area contributed by atoms with E-state index in [0.717, 1.165) is 42.3 Å². The van der Waals surface area contributed by atoms with Gasteiger partial charge in [0.1, 0.15) is 5.82 Å². The number of nitrogens with zero attached hydrogens (tertiary/aromatic N) is 4. The molecule has 0 fully saturated rings. The molecule has 2 aromatic carbocycles. The molecule has 0 spiro atoms. The first-order chi connectivity index (χ1) is 16.1. The Bertz CT molecular complexity index is 1290. The van der Waals surface area contributed by atoms with Crippen LogP contribution in [0.2, 0.25) is 0 Å². The van der Waals surface area contributed by atoms with Gasteiger partial charge < -0.3 is 19.5 Å². The van der Waals surface area contributed by atoms with Gasteiger partial charge in [-0.25, -0.2) is 4.98 Å². The molecule has 1 aliphatic carbocycles.